The maximum Gasteiger partial charge on any atom is 0.216 e. The quantitative estimate of drug-likeness (QED) is 0.0911. The van der Waals surface area contributed by atoms with Crippen molar-refractivity contribution < 1.29 is 34.4 Å². The molecule has 0 spiro atoms. The number of aliphatic hydroxyl groups is 1. The Balaban J connectivity index is 0.000000304. The molecule has 3 heterocycles. The number of ketones is 1. The van der Waals surface area contributed by atoms with Crippen LogP contribution in [0, 0.1) is 37.2 Å². The minimum atomic E-state index is 0. The predicted molar refractivity (Wildman–Crippen MR) is 192 cm³/mol. The molecule has 0 saturated heterocycles. The number of aliphatic hydroxyl groups excluding tert-OH is 1. The first kappa shape index (κ1) is 38.1. The van der Waals surface area contributed by atoms with Gasteiger partial charge < -0.3 is 9.52 Å². The summed E-state index contributed by atoms with van der Waals surface area (Å²) in [6.07, 6.45) is 4.48. The molecule has 0 aliphatic heterocycles. The summed E-state index contributed by atoms with van der Waals surface area (Å²) in [5, 5.41) is 13.3. The van der Waals surface area contributed by atoms with Crippen molar-refractivity contribution in [2.45, 2.75) is 101 Å². The first-order chi connectivity index (χ1) is 21.8. The van der Waals surface area contributed by atoms with E-state index in [-0.39, 0.29) is 43.1 Å². The van der Waals surface area contributed by atoms with Crippen molar-refractivity contribution in [2.75, 3.05) is 0 Å². The SMILES string of the molecule is CCC(CC)C(=O)/C(C)=C(\O)C(CC)CC.Cc1[c-]c(-c2ccc3c(CC(C)(C)C)cccc3n2)c2oc3nc(C)ccc3c2c1.[Ir]. The van der Waals surface area contributed by atoms with Crippen LogP contribution in [-0.4, -0.2) is 20.9 Å². The van der Waals surface area contributed by atoms with Crippen LogP contribution in [0.2, 0.25) is 0 Å². The Kier molecular flexibility index (Phi) is 13.1. The zero-order valence-electron chi connectivity index (χ0n) is 29.8. The summed E-state index contributed by atoms with van der Waals surface area (Å²) in [6.45, 7) is 20.7. The van der Waals surface area contributed by atoms with Crippen molar-refractivity contribution in [3.63, 3.8) is 0 Å². The van der Waals surface area contributed by atoms with Crippen molar-refractivity contribution in [1.29, 1.82) is 0 Å². The topological polar surface area (TPSA) is 76.2 Å². The number of aromatic nitrogens is 2. The summed E-state index contributed by atoms with van der Waals surface area (Å²) >= 11 is 0. The number of carbonyl (C=O) groups excluding carboxylic acids is 1. The van der Waals surface area contributed by atoms with E-state index >= 15 is 0 Å². The van der Waals surface area contributed by atoms with Gasteiger partial charge in [-0.05, 0) is 80.8 Å². The number of nitrogens with zero attached hydrogens (tertiary/aromatic N) is 2. The van der Waals surface area contributed by atoms with Crippen LogP contribution in [0.1, 0.15) is 97.9 Å². The van der Waals surface area contributed by atoms with E-state index in [9.17, 15) is 9.90 Å². The molecule has 1 radical (unpaired) electrons. The monoisotopic (exact) mass is 812 g/mol. The molecule has 6 heteroatoms. The average Bonchev–Trinajstić information content (AvgIpc) is 3.38. The van der Waals surface area contributed by atoms with Gasteiger partial charge in [0.05, 0.1) is 11.1 Å². The average molecular weight is 812 g/mol. The van der Waals surface area contributed by atoms with Gasteiger partial charge in [-0.3, -0.25) is 9.78 Å². The molecule has 0 bridgehead atoms. The van der Waals surface area contributed by atoms with Crippen LogP contribution < -0.4 is 0 Å². The first-order valence-electron chi connectivity index (χ1n) is 16.9. The maximum atomic E-state index is 12.1. The Morgan fingerprint density at radius 2 is 1.51 bits per heavy atom. The van der Waals surface area contributed by atoms with Crippen LogP contribution in [0.3, 0.4) is 0 Å². The number of Topliss-reactive ketones (excluding diaryl/α,β-unsaturated/α-hetero) is 1. The van der Waals surface area contributed by atoms with Gasteiger partial charge in [0.25, 0.3) is 0 Å². The number of benzene rings is 2. The number of aryl methyl sites for hydroxylation is 2. The number of hydrogen-bond acceptors (Lipinski definition) is 5. The van der Waals surface area contributed by atoms with Crippen molar-refractivity contribution in [3.8, 4) is 11.3 Å². The molecule has 5 nitrogen and oxygen atoms in total. The number of hydrogen-bond donors (Lipinski definition) is 1. The largest absolute Gasteiger partial charge is 0.512 e. The number of carbonyl (C=O) groups is 1. The minimum absolute atomic E-state index is 0. The van der Waals surface area contributed by atoms with Crippen LogP contribution in [-0.2, 0) is 31.3 Å². The smallest absolute Gasteiger partial charge is 0.216 e. The van der Waals surface area contributed by atoms with Gasteiger partial charge in [-0.2, -0.15) is 0 Å². The van der Waals surface area contributed by atoms with Gasteiger partial charge >= 0.3 is 0 Å². The van der Waals surface area contributed by atoms with Crippen LogP contribution in [0.4, 0.5) is 0 Å². The molecule has 2 aromatic carbocycles. The number of furan rings is 1. The second kappa shape index (κ2) is 16.2. The van der Waals surface area contributed by atoms with Crippen LogP contribution in [0.15, 0.2) is 64.3 Å². The van der Waals surface area contributed by atoms with Crippen molar-refractivity contribution in [2.24, 2.45) is 17.3 Å². The Labute approximate surface area is 294 Å². The van der Waals surface area contributed by atoms with Gasteiger partial charge in [-0.25, -0.2) is 4.98 Å². The molecular formula is C41H51IrN2O3-. The van der Waals surface area contributed by atoms with Crippen LogP contribution >= 0.6 is 0 Å². The summed E-state index contributed by atoms with van der Waals surface area (Å²) in [4.78, 5) is 21.6. The molecule has 0 saturated carbocycles. The molecule has 253 valence electrons. The van der Waals surface area contributed by atoms with Crippen LogP contribution in [0.5, 0.6) is 0 Å². The summed E-state index contributed by atoms with van der Waals surface area (Å²) in [5.74, 6) is 0.631. The molecule has 0 aliphatic rings. The van der Waals surface area contributed by atoms with Crippen molar-refractivity contribution in [3.05, 3.63) is 82.8 Å². The number of pyridine rings is 2. The molecule has 0 aliphatic carbocycles. The fourth-order valence-corrected chi connectivity index (χ4v) is 6.26. The zero-order chi connectivity index (χ0) is 33.8. The third-order valence-corrected chi connectivity index (χ3v) is 8.92. The molecule has 5 aromatic rings. The van der Waals surface area contributed by atoms with Gasteiger partial charge in [0, 0.05) is 54.0 Å². The molecule has 5 rings (SSSR count). The molecule has 0 unspecified atom stereocenters. The summed E-state index contributed by atoms with van der Waals surface area (Å²) in [6, 6.07) is 20.4. The van der Waals surface area contributed by atoms with E-state index in [1.54, 1.807) is 6.92 Å². The van der Waals surface area contributed by atoms with E-state index in [0.717, 1.165) is 76.5 Å². The molecule has 0 atom stereocenters. The second-order valence-corrected chi connectivity index (χ2v) is 13.8. The summed E-state index contributed by atoms with van der Waals surface area (Å²) in [5.41, 5.74) is 8.37. The molecule has 0 fully saturated rings. The number of fused-ring (bicyclic) bond motifs is 4. The van der Waals surface area contributed by atoms with E-state index in [1.807, 2.05) is 40.7 Å². The number of allylic oxidation sites excluding steroid dienone is 2. The Morgan fingerprint density at radius 3 is 2.13 bits per heavy atom. The molecular weight excluding hydrogens is 761 g/mol. The first-order valence-corrected chi connectivity index (χ1v) is 16.9. The van der Waals surface area contributed by atoms with E-state index in [2.05, 4.69) is 81.2 Å². The van der Waals surface area contributed by atoms with Gasteiger partial charge in [0.1, 0.15) is 5.76 Å². The van der Waals surface area contributed by atoms with Crippen LogP contribution in [0.25, 0.3) is 44.2 Å². The number of rotatable bonds is 9. The minimum Gasteiger partial charge on any atom is -0.512 e. The van der Waals surface area contributed by atoms with Gasteiger partial charge in [-0.15, -0.1) is 17.7 Å². The van der Waals surface area contributed by atoms with E-state index in [4.69, 9.17) is 9.40 Å². The molecule has 0 amide bonds. The predicted octanol–water partition coefficient (Wildman–Crippen LogP) is 11.5. The Bertz CT molecular complexity index is 1870. The summed E-state index contributed by atoms with van der Waals surface area (Å²) in [7, 11) is 0. The third-order valence-electron chi connectivity index (χ3n) is 8.92. The Morgan fingerprint density at radius 1 is 0.872 bits per heavy atom. The van der Waals surface area contributed by atoms with E-state index in [1.165, 1.54) is 10.9 Å². The summed E-state index contributed by atoms with van der Waals surface area (Å²) < 4.78 is 6.19. The molecule has 3 aromatic heterocycles. The fourth-order valence-electron chi connectivity index (χ4n) is 6.26. The van der Waals surface area contributed by atoms with E-state index in [0.29, 0.717) is 17.0 Å². The standard InChI is InChI=1S/C27H25N2O.C14H26O2.Ir/c1-16-13-21-20-10-9-17(2)28-26(20)30-25(21)22(14-16)24-12-11-19-18(15-27(3,4)5)7-6-8-23(19)29-24;1-6-11(7-2)13(15)10(5)14(16)12(8-3)9-4;/h6-13H,15H2,1-5H3;11-12,15H,6-9H2,1-5H3;/q-1;;/b;13-10-;. The van der Waals surface area contributed by atoms with Gasteiger partial charge in [0.2, 0.25) is 5.71 Å². The van der Waals surface area contributed by atoms with Crippen molar-refractivity contribution >= 4 is 38.8 Å². The Hall–Kier alpha value is -3.34. The normalized spacial score (nSPS) is 12.3. The van der Waals surface area contributed by atoms with Gasteiger partial charge in [0.15, 0.2) is 5.78 Å². The molecule has 47 heavy (non-hydrogen) atoms. The van der Waals surface area contributed by atoms with Crippen molar-refractivity contribution in [1.82, 2.24) is 9.97 Å². The van der Waals surface area contributed by atoms with E-state index < -0.39 is 0 Å². The fraction of sp³-hybridized carbons (Fsp3) is 0.439. The third kappa shape index (κ3) is 8.77. The van der Waals surface area contributed by atoms with Gasteiger partial charge in [-0.1, -0.05) is 90.6 Å². The second-order valence-electron chi connectivity index (χ2n) is 13.8. The molecule has 1 N–H and O–H groups in total. The maximum absolute atomic E-state index is 12.1. The zero-order valence-corrected chi connectivity index (χ0v) is 32.2.